The molecule has 1 aromatic heterocycles. The van der Waals surface area contributed by atoms with Crippen LogP contribution in [0, 0.1) is 5.92 Å². The van der Waals surface area contributed by atoms with Crippen LogP contribution in [0.4, 0.5) is 0 Å². The van der Waals surface area contributed by atoms with Crippen LogP contribution in [-0.4, -0.2) is 17.2 Å². The minimum Gasteiger partial charge on any atom is -0.352 e. The average Bonchev–Trinajstić information content (AvgIpc) is 3.04. The second-order valence-electron chi connectivity index (χ2n) is 4.23. The Morgan fingerprint density at radius 1 is 1.47 bits per heavy atom. The Morgan fingerprint density at radius 3 is 2.67 bits per heavy atom. The summed E-state index contributed by atoms with van der Waals surface area (Å²) in [6.07, 6.45) is 6.43. The van der Waals surface area contributed by atoms with E-state index in [2.05, 4.69) is 16.8 Å². The normalized spacial score (nSPS) is 17.7. The second kappa shape index (κ2) is 4.62. The molecule has 15 heavy (non-hydrogen) atoms. The monoisotopic (exact) mass is 206 g/mol. The minimum atomic E-state index is 0.0812. The van der Waals surface area contributed by atoms with Gasteiger partial charge in [-0.1, -0.05) is 6.92 Å². The van der Waals surface area contributed by atoms with Gasteiger partial charge in [-0.15, -0.1) is 0 Å². The van der Waals surface area contributed by atoms with Crippen LogP contribution in [0.15, 0.2) is 29.3 Å². The molecule has 2 rings (SSSR count). The van der Waals surface area contributed by atoms with Gasteiger partial charge in [0.1, 0.15) is 0 Å². The van der Waals surface area contributed by atoms with E-state index in [1.807, 2.05) is 12.4 Å². The molecule has 1 fully saturated rings. The Kier molecular flexibility index (Phi) is 3.21. The van der Waals surface area contributed by atoms with Crippen LogP contribution in [0.25, 0.3) is 0 Å². The topological polar surface area (TPSA) is 34.0 Å². The third-order valence-corrected chi connectivity index (χ3v) is 2.93. The van der Waals surface area contributed by atoms with Crippen molar-refractivity contribution in [2.45, 2.75) is 32.4 Å². The standard InChI is InChI=1S/C12H18N2O/c1-2-13-12(10-3-4-10)9-14-7-5-11(15)6-8-14/h5-8,10,12-13H,2-4,9H2,1H3. The summed E-state index contributed by atoms with van der Waals surface area (Å²) in [5, 5.41) is 3.51. The van der Waals surface area contributed by atoms with Crippen molar-refractivity contribution in [3.05, 3.63) is 34.7 Å². The highest BCUT2D eigenvalue weighted by Crippen LogP contribution is 2.33. The zero-order chi connectivity index (χ0) is 10.7. The molecule has 0 bridgehead atoms. The van der Waals surface area contributed by atoms with Crippen molar-refractivity contribution in [1.29, 1.82) is 0 Å². The summed E-state index contributed by atoms with van der Waals surface area (Å²) in [6, 6.07) is 3.81. The van der Waals surface area contributed by atoms with Crippen LogP contribution in [0.2, 0.25) is 0 Å². The molecule has 0 saturated heterocycles. The quantitative estimate of drug-likeness (QED) is 0.786. The van der Waals surface area contributed by atoms with Crippen LogP contribution in [0.5, 0.6) is 0 Å². The van der Waals surface area contributed by atoms with E-state index in [0.717, 1.165) is 19.0 Å². The van der Waals surface area contributed by atoms with Crippen molar-refractivity contribution in [1.82, 2.24) is 9.88 Å². The van der Waals surface area contributed by atoms with E-state index in [9.17, 15) is 4.79 Å². The SMILES string of the molecule is CCNC(Cn1ccc(=O)cc1)C1CC1. The Balaban J connectivity index is 1.98. The fourth-order valence-corrected chi connectivity index (χ4v) is 1.93. The maximum atomic E-state index is 11.0. The van der Waals surface area contributed by atoms with Crippen LogP contribution in [0.1, 0.15) is 19.8 Å². The molecule has 0 radical (unpaired) electrons. The Hall–Kier alpha value is -1.09. The molecule has 1 heterocycles. The van der Waals surface area contributed by atoms with E-state index >= 15 is 0 Å². The van der Waals surface area contributed by atoms with E-state index in [1.54, 1.807) is 12.1 Å². The summed E-state index contributed by atoms with van der Waals surface area (Å²) in [4.78, 5) is 11.0. The van der Waals surface area contributed by atoms with E-state index in [1.165, 1.54) is 12.8 Å². The molecule has 3 nitrogen and oxygen atoms in total. The lowest BCUT2D eigenvalue weighted by Gasteiger charge is -2.18. The summed E-state index contributed by atoms with van der Waals surface area (Å²) in [5.41, 5.74) is 0.0812. The van der Waals surface area contributed by atoms with Crippen molar-refractivity contribution in [2.24, 2.45) is 5.92 Å². The Morgan fingerprint density at radius 2 is 2.13 bits per heavy atom. The lowest BCUT2D eigenvalue weighted by atomic mass is 10.2. The predicted molar refractivity (Wildman–Crippen MR) is 60.9 cm³/mol. The van der Waals surface area contributed by atoms with Crippen LogP contribution < -0.4 is 10.7 Å². The number of hydrogen-bond acceptors (Lipinski definition) is 2. The number of rotatable bonds is 5. The zero-order valence-electron chi connectivity index (χ0n) is 9.15. The van der Waals surface area contributed by atoms with Crippen molar-refractivity contribution in [2.75, 3.05) is 6.54 Å². The van der Waals surface area contributed by atoms with Gasteiger partial charge in [0.15, 0.2) is 5.43 Å². The van der Waals surface area contributed by atoms with Crippen molar-refractivity contribution < 1.29 is 0 Å². The number of aromatic nitrogens is 1. The van der Waals surface area contributed by atoms with Gasteiger partial charge in [-0.3, -0.25) is 4.79 Å². The lowest BCUT2D eigenvalue weighted by molar-refractivity contribution is 0.415. The smallest absolute Gasteiger partial charge is 0.181 e. The lowest BCUT2D eigenvalue weighted by Crippen LogP contribution is -2.35. The van der Waals surface area contributed by atoms with Gasteiger partial charge in [-0.2, -0.15) is 0 Å². The van der Waals surface area contributed by atoms with Crippen molar-refractivity contribution >= 4 is 0 Å². The molecule has 0 aliphatic heterocycles. The molecule has 82 valence electrons. The van der Waals surface area contributed by atoms with Gasteiger partial charge in [0.25, 0.3) is 0 Å². The molecule has 0 amide bonds. The summed E-state index contributed by atoms with van der Waals surface area (Å²) in [7, 11) is 0. The fraction of sp³-hybridized carbons (Fsp3) is 0.583. The fourth-order valence-electron chi connectivity index (χ4n) is 1.93. The number of pyridine rings is 1. The van der Waals surface area contributed by atoms with Gasteiger partial charge in [0, 0.05) is 37.1 Å². The van der Waals surface area contributed by atoms with E-state index < -0.39 is 0 Å². The van der Waals surface area contributed by atoms with E-state index in [-0.39, 0.29) is 5.43 Å². The molecule has 0 aromatic carbocycles. The first-order valence-electron chi connectivity index (χ1n) is 5.69. The van der Waals surface area contributed by atoms with Gasteiger partial charge in [-0.05, 0) is 25.3 Å². The minimum absolute atomic E-state index is 0.0812. The Bertz CT molecular complexity index is 348. The maximum Gasteiger partial charge on any atom is 0.181 e. The van der Waals surface area contributed by atoms with Crippen LogP contribution in [0.3, 0.4) is 0 Å². The molecular weight excluding hydrogens is 188 g/mol. The summed E-state index contributed by atoms with van der Waals surface area (Å²) in [5.74, 6) is 0.837. The Labute approximate surface area is 90.1 Å². The third kappa shape index (κ3) is 2.93. The average molecular weight is 206 g/mol. The largest absolute Gasteiger partial charge is 0.352 e. The molecular formula is C12H18N2O. The third-order valence-electron chi connectivity index (χ3n) is 2.93. The van der Waals surface area contributed by atoms with E-state index in [0.29, 0.717) is 6.04 Å². The summed E-state index contributed by atoms with van der Waals surface area (Å²) >= 11 is 0. The van der Waals surface area contributed by atoms with Gasteiger partial charge in [0.2, 0.25) is 0 Å². The summed E-state index contributed by atoms with van der Waals surface area (Å²) < 4.78 is 2.09. The molecule has 1 aliphatic rings. The van der Waals surface area contributed by atoms with Crippen molar-refractivity contribution in [3.63, 3.8) is 0 Å². The molecule has 1 N–H and O–H groups in total. The molecule has 3 heteroatoms. The highest BCUT2D eigenvalue weighted by atomic mass is 16.1. The van der Waals surface area contributed by atoms with Gasteiger partial charge in [0.05, 0.1) is 0 Å². The van der Waals surface area contributed by atoms with Crippen LogP contribution in [-0.2, 0) is 6.54 Å². The molecule has 0 spiro atoms. The molecule has 1 aromatic rings. The first kappa shape index (κ1) is 10.4. The molecule has 1 aliphatic carbocycles. The van der Waals surface area contributed by atoms with Crippen LogP contribution >= 0.6 is 0 Å². The highest BCUT2D eigenvalue weighted by molar-refractivity contribution is 4.95. The molecule has 1 atom stereocenters. The zero-order valence-corrected chi connectivity index (χ0v) is 9.15. The number of nitrogens with zero attached hydrogens (tertiary/aromatic N) is 1. The molecule has 1 saturated carbocycles. The van der Waals surface area contributed by atoms with Gasteiger partial charge in [-0.25, -0.2) is 0 Å². The van der Waals surface area contributed by atoms with E-state index in [4.69, 9.17) is 0 Å². The number of nitrogens with one attached hydrogen (secondary N) is 1. The number of likely N-dealkylation sites (N-methyl/N-ethyl adjacent to an activating group) is 1. The van der Waals surface area contributed by atoms with Gasteiger partial charge < -0.3 is 9.88 Å². The molecule has 1 unspecified atom stereocenters. The highest BCUT2D eigenvalue weighted by Gasteiger charge is 2.30. The predicted octanol–water partition coefficient (Wildman–Crippen LogP) is 1.24. The van der Waals surface area contributed by atoms with Gasteiger partial charge >= 0.3 is 0 Å². The first-order valence-corrected chi connectivity index (χ1v) is 5.69. The summed E-state index contributed by atoms with van der Waals surface area (Å²) in [6.45, 7) is 4.13. The number of hydrogen-bond donors (Lipinski definition) is 1. The second-order valence-corrected chi connectivity index (χ2v) is 4.23. The maximum absolute atomic E-state index is 11.0. The van der Waals surface area contributed by atoms with Crippen molar-refractivity contribution in [3.8, 4) is 0 Å². The first-order chi connectivity index (χ1) is 7.29.